The molecule has 0 aliphatic carbocycles. The lowest BCUT2D eigenvalue weighted by Crippen LogP contribution is -2.13. The van der Waals surface area contributed by atoms with E-state index in [0.717, 1.165) is 22.3 Å². The van der Waals surface area contributed by atoms with E-state index < -0.39 is 11.9 Å². The number of aryl methyl sites for hydroxylation is 4. The van der Waals surface area contributed by atoms with E-state index in [1.807, 2.05) is 64.1 Å². The van der Waals surface area contributed by atoms with Crippen LogP contribution in [0.25, 0.3) is 11.5 Å². The summed E-state index contributed by atoms with van der Waals surface area (Å²) in [6.45, 7) is 7.67. The van der Waals surface area contributed by atoms with Gasteiger partial charge in [-0.3, -0.25) is 0 Å². The monoisotopic (exact) mass is 544 g/mol. The van der Waals surface area contributed by atoms with E-state index in [0.29, 0.717) is 32.3 Å². The molecule has 6 heteroatoms. The van der Waals surface area contributed by atoms with E-state index in [1.165, 1.54) is 0 Å². The fourth-order valence-corrected chi connectivity index (χ4v) is 4.49. The van der Waals surface area contributed by atoms with Gasteiger partial charge in [-0.15, -0.1) is 0 Å². The van der Waals surface area contributed by atoms with E-state index in [4.69, 9.17) is 32.7 Å². The fourth-order valence-electron chi connectivity index (χ4n) is 4.24. The largest absolute Gasteiger partial charge is 0.418 e. The maximum atomic E-state index is 13.4. The van der Waals surface area contributed by atoms with Crippen LogP contribution in [-0.4, -0.2) is 11.9 Å². The van der Waals surface area contributed by atoms with Crippen LogP contribution in [0, 0.1) is 27.7 Å². The number of hydrogen-bond donors (Lipinski definition) is 0. The zero-order valence-electron chi connectivity index (χ0n) is 21.5. The molecule has 0 aliphatic rings. The summed E-state index contributed by atoms with van der Waals surface area (Å²) in [7, 11) is 0. The molecule has 0 saturated carbocycles. The topological polar surface area (TPSA) is 52.6 Å². The summed E-state index contributed by atoms with van der Waals surface area (Å²) in [5.41, 5.74) is 5.37. The van der Waals surface area contributed by atoms with Crippen molar-refractivity contribution in [2.24, 2.45) is 0 Å². The van der Waals surface area contributed by atoms with Gasteiger partial charge in [0.15, 0.2) is 11.5 Å². The van der Waals surface area contributed by atoms with Crippen LogP contribution in [0.3, 0.4) is 0 Å². The van der Waals surface area contributed by atoms with Gasteiger partial charge < -0.3 is 9.47 Å². The Bertz CT molecular complexity index is 1380. The Morgan fingerprint density at radius 1 is 0.500 bits per heavy atom. The van der Waals surface area contributed by atoms with E-state index in [-0.39, 0.29) is 11.5 Å². The molecule has 0 heterocycles. The van der Waals surface area contributed by atoms with Gasteiger partial charge in [-0.25, -0.2) is 9.59 Å². The molecule has 0 atom stereocenters. The normalized spacial score (nSPS) is 11.5. The minimum Gasteiger partial charge on any atom is -0.418 e. The molecule has 4 aromatic carbocycles. The van der Waals surface area contributed by atoms with E-state index in [9.17, 15) is 9.59 Å². The number of carbonyl (C=O) groups excluding carboxylic acids is 2. The highest BCUT2D eigenvalue weighted by molar-refractivity contribution is 6.31. The highest BCUT2D eigenvalue weighted by Crippen LogP contribution is 2.36. The summed E-state index contributed by atoms with van der Waals surface area (Å²) < 4.78 is 12.2. The summed E-state index contributed by atoms with van der Waals surface area (Å²) in [6, 6.07) is 24.3. The number of carbonyl (C=O) groups is 2. The molecule has 0 fully saturated rings. The van der Waals surface area contributed by atoms with Gasteiger partial charge in [0.25, 0.3) is 0 Å². The highest BCUT2D eigenvalue weighted by atomic mass is 35.5. The first-order valence-corrected chi connectivity index (χ1v) is 12.7. The molecule has 192 valence electrons. The average Bonchev–Trinajstić information content (AvgIpc) is 2.88. The quantitative estimate of drug-likeness (QED) is 0.138. The SMILES string of the molecule is Cc1cccc(C)c1C(OC(=O)c1ccc(Cl)cc1)=C(OC(=O)c1ccc(Cl)cc1)c1c(C)cccc1C. The second-order valence-corrected chi connectivity index (χ2v) is 9.86. The van der Waals surface area contributed by atoms with Crippen LogP contribution < -0.4 is 0 Å². The molecule has 4 nitrogen and oxygen atoms in total. The summed E-state index contributed by atoms with van der Waals surface area (Å²) in [6.07, 6.45) is 0. The van der Waals surface area contributed by atoms with E-state index >= 15 is 0 Å². The third-order valence-electron chi connectivity index (χ3n) is 6.17. The van der Waals surface area contributed by atoms with Gasteiger partial charge in [-0.1, -0.05) is 59.6 Å². The van der Waals surface area contributed by atoms with Gasteiger partial charge >= 0.3 is 11.9 Å². The molecule has 4 aromatic rings. The predicted molar refractivity (Wildman–Crippen MR) is 152 cm³/mol. The summed E-state index contributed by atoms with van der Waals surface area (Å²) in [5, 5.41) is 1.00. The molecule has 0 spiro atoms. The van der Waals surface area contributed by atoms with Crippen LogP contribution in [0.15, 0.2) is 84.9 Å². The second-order valence-electron chi connectivity index (χ2n) is 8.98. The zero-order valence-corrected chi connectivity index (χ0v) is 23.0. The van der Waals surface area contributed by atoms with Gasteiger partial charge in [0.05, 0.1) is 11.1 Å². The first-order chi connectivity index (χ1) is 18.2. The Kier molecular flexibility index (Phi) is 8.35. The first kappa shape index (κ1) is 27.2. The standard InChI is InChI=1S/C32H26Cl2O4/c1-19-7-5-8-20(2)27(19)29(37-31(35)23-11-15-25(33)16-12-23)30(28-21(3)9-6-10-22(28)4)38-32(36)24-13-17-26(34)18-14-24/h5-18H,1-4H3. The third kappa shape index (κ3) is 5.99. The molecular formula is C32H26Cl2O4. The van der Waals surface area contributed by atoms with Gasteiger partial charge in [0.1, 0.15) is 0 Å². The van der Waals surface area contributed by atoms with Gasteiger partial charge in [0, 0.05) is 21.2 Å². The summed E-state index contributed by atoms with van der Waals surface area (Å²) in [5.74, 6) is -0.906. The lowest BCUT2D eigenvalue weighted by molar-refractivity contribution is 0.0646. The Hall–Kier alpha value is -3.86. The smallest absolute Gasteiger partial charge is 0.343 e. The van der Waals surface area contributed by atoms with Crippen LogP contribution in [0.1, 0.15) is 54.1 Å². The molecular weight excluding hydrogens is 519 g/mol. The zero-order chi connectivity index (χ0) is 27.4. The van der Waals surface area contributed by atoms with Crippen molar-refractivity contribution in [1.29, 1.82) is 0 Å². The highest BCUT2D eigenvalue weighted by Gasteiger charge is 2.27. The van der Waals surface area contributed by atoms with Crippen LogP contribution in [0.2, 0.25) is 10.0 Å². The molecule has 0 saturated heterocycles. The van der Waals surface area contributed by atoms with Crippen LogP contribution >= 0.6 is 23.2 Å². The fraction of sp³-hybridized carbons (Fsp3) is 0.125. The summed E-state index contributed by atoms with van der Waals surface area (Å²) >= 11 is 12.0. The molecule has 0 aromatic heterocycles. The molecule has 0 bridgehead atoms. The summed E-state index contributed by atoms with van der Waals surface area (Å²) in [4.78, 5) is 26.8. The van der Waals surface area contributed by atoms with Crippen LogP contribution in [0.5, 0.6) is 0 Å². The number of halogens is 2. The van der Waals surface area contributed by atoms with Gasteiger partial charge in [-0.2, -0.15) is 0 Å². The predicted octanol–water partition coefficient (Wildman–Crippen LogP) is 8.77. The van der Waals surface area contributed by atoms with Gasteiger partial charge in [-0.05, 0) is 98.5 Å². The maximum Gasteiger partial charge on any atom is 0.343 e. The number of benzene rings is 4. The lowest BCUT2D eigenvalue weighted by Gasteiger charge is -2.21. The molecule has 0 amide bonds. The molecule has 0 N–H and O–H groups in total. The van der Waals surface area contributed by atoms with Crippen molar-refractivity contribution in [1.82, 2.24) is 0 Å². The van der Waals surface area contributed by atoms with Crippen molar-refractivity contribution in [2.45, 2.75) is 27.7 Å². The van der Waals surface area contributed by atoms with Crippen molar-refractivity contribution >= 4 is 46.7 Å². The Morgan fingerprint density at radius 2 is 0.789 bits per heavy atom. The van der Waals surface area contributed by atoms with Crippen LogP contribution in [0.4, 0.5) is 0 Å². The first-order valence-electron chi connectivity index (χ1n) is 12.0. The minimum absolute atomic E-state index is 0.153. The van der Waals surface area contributed by atoms with E-state index in [2.05, 4.69) is 0 Å². The molecule has 38 heavy (non-hydrogen) atoms. The molecule has 0 unspecified atom stereocenters. The third-order valence-corrected chi connectivity index (χ3v) is 6.68. The van der Waals surface area contributed by atoms with Crippen molar-refractivity contribution in [3.63, 3.8) is 0 Å². The van der Waals surface area contributed by atoms with Crippen molar-refractivity contribution < 1.29 is 19.1 Å². The number of ether oxygens (including phenoxy) is 2. The minimum atomic E-state index is -0.606. The van der Waals surface area contributed by atoms with Crippen LogP contribution in [-0.2, 0) is 9.47 Å². The Balaban J connectivity index is 1.97. The molecule has 4 rings (SSSR count). The Labute approximate surface area is 232 Å². The van der Waals surface area contributed by atoms with Crippen molar-refractivity contribution in [3.8, 4) is 0 Å². The number of esters is 2. The average molecular weight is 545 g/mol. The molecule has 0 aliphatic heterocycles. The number of hydrogen-bond acceptors (Lipinski definition) is 4. The van der Waals surface area contributed by atoms with E-state index in [1.54, 1.807) is 48.5 Å². The second kappa shape index (κ2) is 11.7. The van der Waals surface area contributed by atoms with Crippen molar-refractivity contribution in [2.75, 3.05) is 0 Å². The Morgan fingerprint density at radius 3 is 1.08 bits per heavy atom. The van der Waals surface area contributed by atoms with Gasteiger partial charge in [0.2, 0.25) is 0 Å². The van der Waals surface area contributed by atoms with Crippen molar-refractivity contribution in [3.05, 3.63) is 139 Å². The molecule has 0 radical (unpaired) electrons. The number of rotatable bonds is 6. The lowest BCUT2D eigenvalue weighted by atomic mass is 9.95. The maximum absolute atomic E-state index is 13.4.